The van der Waals surface area contributed by atoms with Gasteiger partial charge in [0.1, 0.15) is 18.7 Å². The number of carbonyl (C=O) groups excluding carboxylic acids is 2. The van der Waals surface area contributed by atoms with Crippen molar-refractivity contribution < 1.29 is 29.0 Å². The molecule has 0 aliphatic heterocycles. The van der Waals surface area contributed by atoms with Crippen LogP contribution < -0.4 is 10.6 Å². The van der Waals surface area contributed by atoms with Crippen LogP contribution in [-0.2, 0) is 19.1 Å². The van der Waals surface area contributed by atoms with E-state index in [2.05, 4.69) is 10.6 Å². The molecule has 1 aliphatic rings. The van der Waals surface area contributed by atoms with Crippen LogP contribution in [0.1, 0.15) is 23.5 Å². The number of alkyl carbamates (subject to hydrolysis) is 1. The number of ether oxygens (including phenoxy) is 2. The van der Waals surface area contributed by atoms with Crippen molar-refractivity contribution in [3.63, 3.8) is 0 Å². The lowest BCUT2D eigenvalue weighted by Crippen LogP contribution is -2.54. The fraction of sp³-hybridized carbons (Fsp3) is 0.400. The molecule has 1 aliphatic carbocycles. The van der Waals surface area contributed by atoms with Gasteiger partial charge in [-0.05, 0) is 36.3 Å². The van der Waals surface area contributed by atoms with E-state index in [9.17, 15) is 19.5 Å². The fourth-order valence-electron chi connectivity index (χ4n) is 4.11. The zero-order valence-corrected chi connectivity index (χ0v) is 19.6. The van der Waals surface area contributed by atoms with Gasteiger partial charge in [0.15, 0.2) is 0 Å². The summed E-state index contributed by atoms with van der Waals surface area (Å²) in [5.41, 5.74) is 4.39. The molecule has 2 aromatic carbocycles. The van der Waals surface area contributed by atoms with Crippen molar-refractivity contribution in [1.82, 2.24) is 15.5 Å². The molecule has 0 fully saturated rings. The molecule has 9 heteroatoms. The molecule has 0 saturated heterocycles. The molecule has 3 rings (SSSR count). The third kappa shape index (κ3) is 6.12. The Morgan fingerprint density at radius 2 is 1.56 bits per heavy atom. The highest BCUT2D eigenvalue weighted by Crippen LogP contribution is 2.44. The van der Waals surface area contributed by atoms with Crippen molar-refractivity contribution in [3.8, 4) is 11.1 Å². The highest BCUT2D eigenvalue weighted by Gasteiger charge is 2.30. The Morgan fingerprint density at radius 3 is 2.09 bits per heavy atom. The monoisotopic (exact) mass is 469 g/mol. The molecule has 2 unspecified atom stereocenters. The van der Waals surface area contributed by atoms with Crippen molar-refractivity contribution in [2.75, 3.05) is 41.0 Å². The molecule has 0 spiro atoms. The maximum Gasteiger partial charge on any atom is 0.407 e. The van der Waals surface area contributed by atoms with Gasteiger partial charge in [-0.15, -0.1) is 0 Å². The molecule has 0 radical (unpaired) electrons. The Kier molecular flexibility index (Phi) is 8.61. The second kappa shape index (κ2) is 11.6. The van der Waals surface area contributed by atoms with E-state index in [1.54, 1.807) is 19.0 Å². The minimum absolute atomic E-state index is 0.108. The first-order valence-corrected chi connectivity index (χ1v) is 11.1. The number of carboxylic acid groups (broad SMARTS) is 1. The van der Waals surface area contributed by atoms with Gasteiger partial charge >= 0.3 is 12.1 Å². The molecular formula is C25H31N3O6. The van der Waals surface area contributed by atoms with Gasteiger partial charge in [-0.3, -0.25) is 4.79 Å². The fourth-order valence-corrected chi connectivity index (χ4v) is 4.11. The van der Waals surface area contributed by atoms with E-state index in [4.69, 9.17) is 9.47 Å². The second-order valence-corrected chi connectivity index (χ2v) is 8.47. The van der Waals surface area contributed by atoms with Crippen molar-refractivity contribution >= 4 is 18.0 Å². The van der Waals surface area contributed by atoms with Crippen LogP contribution >= 0.6 is 0 Å². The normalized spacial score (nSPS) is 14.1. The summed E-state index contributed by atoms with van der Waals surface area (Å²) >= 11 is 0. The van der Waals surface area contributed by atoms with Crippen LogP contribution in [0.4, 0.5) is 4.79 Å². The number of benzene rings is 2. The standard InChI is InChI=1S/C25H31N3O6/c1-28(2)14-22(24(30)31)26-23(29)21(12-13-33-3)27-25(32)34-15-20-18-10-6-4-8-16(18)17-9-5-7-11-19(17)20/h4-11,20-22H,12-15H2,1-3H3,(H,26,29)(H,27,32)(H,30,31). The summed E-state index contributed by atoms with van der Waals surface area (Å²) in [5, 5.41) is 14.4. The molecule has 2 amide bonds. The lowest BCUT2D eigenvalue weighted by molar-refractivity contribution is -0.142. The Hall–Kier alpha value is -3.43. The van der Waals surface area contributed by atoms with Crippen LogP contribution in [0.25, 0.3) is 11.1 Å². The third-order valence-electron chi connectivity index (χ3n) is 5.73. The molecule has 182 valence electrons. The van der Waals surface area contributed by atoms with E-state index in [-0.39, 0.29) is 32.1 Å². The number of carboxylic acids is 1. The summed E-state index contributed by atoms with van der Waals surface area (Å²) in [7, 11) is 4.90. The van der Waals surface area contributed by atoms with Gasteiger partial charge in [0.05, 0.1) is 0 Å². The Labute approximate surface area is 199 Å². The van der Waals surface area contributed by atoms with E-state index in [1.165, 1.54) is 7.11 Å². The second-order valence-electron chi connectivity index (χ2n) is 8.47. The van der Waals surface area contributed by atoms with Gasteiger partial charge in [0.25, 0.3) is 0 Å². The minimum Gasteiger partial charge on any atom is -0.480 e. The first kappa shape index (κ1) is 25.2. The number of methoxy groups -OCH3 is 1. The van der Waals surface area contributed by atoms with Crippen LogP contribution in [0.5, 0.6) is 0 Å². The summed E-state index contributed by atoms with van der Waals surface area (Å²) in [6.45, 7) is 0.424. The van der Waals surface area contributed by atoms with Gasteiger partial charge in [-0.2, -0.15) is 0 Å². The maximum atomic E-state index is 12.7. The summed E-state index contributed by atoms with van der Waals surface area (Å²) < 4.78 is 10.6. The van der Waals surface area contributed by atoms with E-state index in [0.29, 0.717) is 0 Å². The SMILES string of the molecule is COCCC(NC(=O)OCC1c2ccccc2-c2ccccc21)C(=O)NC(CN(C)C)C(=O)O. The number of carbonyl (C=O) groups is 3. The van der Waals surface area contributed by atoms with Crippen LogP contribution in [0.3, 0.4) is 0 Å². The number of likely N-dealkylation sites (N-methyl/N-ethyl adjacent to an activating group) is 1. The van der Waals surface area contributed by atoms with Crippen molar-refractivity contribution in [3.05, 3.63) is 59.7 Å². The first-order chi connectivity index (χ1) is 16.3. The van der Waals surface area contributed by atoms with Crippen molar-refractivity contribution in [2.45, 2.75) is 24.4 Å². The minimum atomic E-state index is -1.16. The van der Waals surface area contributed by atoms with Crippen LogP contribution in [-0.4, -0.2) is 81.0 Å². The van der Waals surface area contributed by atoms with Crippen LogP contribution in [0.2, 0.25) is 0 Å². The number of fused-ring (bicyclic) bond motifs is 3. The lowest BCUT2D eigenvalue weighted by Gasteiger charge is -2.23. The summed E-state index contributed by atoms with van der Waals surface area (Å²) in [5.74, 6) is -1.88. The molecule has 0 aromatic heterocycles. The average molecular weight is 470 g/mol. The zero-order chi connectivity index (χ0) is 24.7. The molecule has 9 nitrogen and oxygen atoms in total. The summed E-state index contributed by atoms with van der Waals surface area (Å²) in [6.07, 6.45) is -0.585. The van der Waals surface area contributed by atoms with Crippen LogP contribution in [0, 0.1) is 0 Å². The number of hydrogen-bond donors (Lipinski definition) is 3. The van der Waals surface area contributed by atoms with Gasteiger partial charge in [0.2, 0.25) is 5.91 Å². The van der Waals surface area contributed by atoms with Crippen LogP contribution in [0.15, 0.2) is 48.5 Å². The zero-order valence-electron chi connectivity index (χ0n) is 19.6. The molecule has 2 aromatic rings. The predicted molar refractivity (Wildman–Crippen MR) is 127 cm³/mol. The highest BCUT2D eigenvalue weighted by atomic mass is 16.5. The molecule has 0 heterocycles. The van der Waals surface area contributed by atoms with E-state index >= 15 is 0 Å². The van der Waals surface area contributed by atoms with Gasteiger partial charge in [-0.1, -0.05) is 48.5 Å². The molecule has 2 atom stereocenters. The van der Waals surface area contributed by atoms with Crippen molar-refractivity contribution in [1.29, 1.82) is 0 Å². The van der Waals surface area contributed by atoms with E-state index in [0.717, 1.165) is 22.3 Å². The van der Waals surface area contributed by atoms with Gasteiger partial charge in [0, 0.05) is 32.6 Å². The quantitative estimate of drug-likeness (QED) is 0.461. The number of nitrogens with zero attached hydrogens (tertiary/aromatic N) is 1. The van der Waals surface area contributed by atoms with Crippen molar-refractivity contribution in [2.24, 2.45) is 0 Å². The number of amides is 2. The van der Waals surface area contributed by atoms with E-state index in [1.807, 2.05) is 48.5 Å². The Bertz CT molecular complexity index is 980. The molecule has 0 saturated carbocycles. The maximum absolute atomic E-state index is 12.7. The predicted octanol–water partition coefficient (Wildman–Crippen LogP) is 2.06. The van der Waals surface area contributed by atoms with Gasteiger partial charge in [-0.25, -0.2) is 9.59 Å². The largest absolute Gasteiger partial charge is 0.480 e. The first-order valence-electron chi connectivity index (χ1n) is 11.1. The summed E-state index contributed by atoms with van der Waals surface area (Å²) in [6, 6.07) is 13.9. The van der Waals surface area contributed by atoms with Gasteiger partial charge < -0.3 is 30.1 Å². The number of nitrogens with one attached hydrogen (secondary N) is 2. The lowest BCUT2D eigenvalue weighted by atomic mass is 9.98. The number of rotatable bonds is 11. The smallest absolute Gasteiger partial charge is 0.407 e. The third-order valence-corrected chi connectivity index (χ3v) is 5.73. The molecule has 0 bridgehead atoms. The number of hydrogen-bond acceptors (Lipinski definition) is 6. The number of aliphatic carboxylic acids is 1. The average Bonchev–Trinajstić information content (AvgIpc) is 3.13. The highest BCUT2D eigenvalue weighted by molar-refractivity contribution is 5.89. The Balaban J connectivity index is 1.65. The topological polar surface area (TPSA) is 117 Å². The molecule has 34 heavy (non-hydrogen) atoms. The summed E-state index contributed by atoms with van der Waals surface area (Å²) in [4.78, 5) is 38.5. The Morgan fingerprint density at radius 1 is 0.971 bits per heavy atom. The van der Waals surface area contributed by atoms with E-state index < -0.39 is 30.1 Å². The molecule has 3 N–H and O–H groups in total. The molecular weight excluding hydrogens is 438 g/mol.